The van der Waals surface area contributed by atoms with Gasteiger partial charge < -0.3 is 4.74 Å². The zero-order chi connectivity index (χ0) is 10.5. The fourth-order valence-electron chi connectivity index (χ4n) is 1.53. The van der Waals surface area contributed by atoms with E-state index in [-0.39, 0.29) is 0 Å². The molecule has 0 spiro atoms. The lowest BCUT2D eigenvalue weighted by Gasteiger charge is -2.07. The number of rotatable bonds is 3. The average molecular weight is 199 g/mol. The van der Waals surface area contributed by atoms with E-state index in [1.807, 2.05) is 18.2 Å². The molecule has 2 nitrogen and oxygen atoms in total. The first-order valence-corrected chi connectivity index (χ1v) is 5.02. The molecule has 0 bridgehead atoms. The smallest absolute Gasteiger partial charge is 0.218 e. The van der Waals surface area contributed by atoms with Crippen LogP contribution in [0.3, 0.4) is 0 Å². The molecular formula is C13H13NO. The third-order valence-electron chi connectivity index (χ3n) is 2.22. The van der Waals surface area contributed by atoms with Gasteiger partial charge in [0.15, 0.2) is 0 Å². The quantitative estimate of drug-likeness (QED) is 0.696. The minimum atomic E-state index is 0.586. The van der Waals surface area contributed by atoms with Crippen molar-refractivity contribution in [3.8, 4) is 5.88 Å². The Balaban J connectivity index is 2.27. The lowest BCUT2D eigenvalue weighted by molar-refractivity contribution is 0.463. The van der Waals surface area contributed by atoms with Gasteiger partial charge in [0.2, 0.25) is 5.88 Å². The molecule has 2 heteroatoms. The van der Waals surface area contributed by atoms with Crippen LogP contribution in [0.5, 0.6) is 5.88 Å². The molecule has 1 aliphatic rings. The van der Waals surface area contributed by atoms with Crippen molar-refractivity contribution in [2.45, 2.75) is 12.8 Å². The molecule has 0 unspecified atom stereocenters. The molecular weight excluding hydrogens is 186 g/mol. The monoisotopic (exact) mass is 199 g/mol. The molecule has 2 rings (SSSR count). The van der Waals surface area contributed by atoms with E-state index in [0.717, 1.165) is 24.1 Å². The zero-order valence-corrected chi connectivity index (χ0v) is 8.52. The molecule has 0 aliphatic heterocycles. The summed E-state index contributed by atoms with van der Waals surface area (Å²) in [6.45, 7) is 3.51. The van der Waals surface area contributed by atoms with Crippen LogP contribution in [0.1, 0.15) is 18.5 Å². The van der Waals surface area contributed by atoms with Crippen LogP contribution in [0.4, 0.5) is 0 Å². The number of ether oxygens (including phenoxy) is 1. The first-order valence-electron chi connectivity index (χ1n) is 5.02. The van der Waals surface area contributed by atoms with Crippen LogP contribution in [0, 0.1) is 0 Å². The third kappa shape index (κ3) is 2.34. The molecule has 0 radical (unpaired) electrons. The topological polar surface area (TPSA) is 22.1 Å². The maximum atomic E-state index is 5.14. The number of hydrogen-bond donors (Lipinski definition) is 0. The maximum Gasteiger partial charge on any atom is 0.218 e. The highest BCUT2D eigenvalue weighted by molar-refractivity contribution is 5.72. The van der Waals surface area contributed by atoms with E-state index in [0.29, 0.717) is 5.88 Å². The summed E-state index contributed by atoms with van der Waals surface area (Å²) in [4.78, 5) is 4.37. The Bertz CT molecular complexity index is 418. The highest BCUT2D eigenvalue weighted by atomic mass is 16.5. The Hall–Kier alpha value is -1.83. The maximum absolute atomic E-state index is 5.14. The second-order valence-corrected chi connectivity index (χ2v) is 3.28. The molecule has 0 aromatic carbocycles. The molecule has 1 aromatic rings. The van der Waals surface area contributed by atoms with Crippen LogP contribution in [-0.4, -0.2) is 4.98 Å². The summed E-state index contributed by atoms with van der Waals surface area (Å²) in [5.74, 6) is 0.586. The van der Waals surface area contributed by atoms with Gasteiger partial charge >= 0.3 is 0 Å². The van der Waals surface area contributed by atoms with Gasteiger partial charge in [-0.25, -0.2) is 4.98 Å². The van der Waals surface area contributed by atoms with Crippen molar-refractivity contribution in [1.82, 2.24) is 4.98 Å². The number of hydrogen-bond acceptors (Lipinski definition) is 2. The predicted octanol–water partition coefficient (Wildman–Crippen LogP) is 3.34. The van der Waals surface area contributed by atoms with E-state index in [4.69, 9.17) is 4.74 Å². The summed E-state index contributed by atoms with van der Waals surface area (Å²) in [5, 5.41) is 0. The Kier molecular flexibility index (Phi) is 2.98. The van der Waals surface area contributed by atoms with E-state index in [1.165, 1.54) is 6.26 Å². The van der Waals surface area contributed by atoms with Crippen molar-refractivity contribution in [2.75, 3.05) is 0 Å². The van der Waals surface area contributed by atoms with Gasteiger partial charge in [-0.15, -0.1) is 0 Å². The van der Waals surface area contributed by atoms with Gasteiger partial charge in [-0.1, -0.05) is 30.9 Å². The Morgan fingerprint density at radius 3 is 3.00 bits per heavy atom. The average Bonchev–Trinajstić information content (AvgIpc) is 2.31. The summed E-state index contributed by atoms with van der Waals surface area (Å²) < 4.78 is 5.14. The molecule has 1 heterocycles. The second kappa shape index (κ2) is 4.60. The largest absolute Gasteiger partial charge is 0.447 e. The fraction of sp³-hybridized carbons (Fsp3) is 0.154. The Morgan fingerprint density at radius 2 is 2.27 bits per heavy atom. The molecule has 15 heavy (non-hydrogen) atoms. The number of pyridine rings is 1. The minimum Gasteiger partial charge on any atom is -0.447 e. The van der Waals surface area contributed by atoms with E-state index in [9.17, 15) is 0 Å². The number of aromatic nitrogens is 1. The van der Waals surface area contributed by atoms with E-state index < -0.39 is 0 Å². The first kappa shape index (κ1) is 9.71. The van der Waals surface area contributed by atoms with Crippen LogP contribution < -0.4 is 4.74 Å². The molecule has 0 saturated heterocycles. The van der Waals surface area contributed by atoms with Crippen molar-refractivity contribution in [1.29, 1.82) is 0 Å². The van der Waals surface area contributed by atoms with E-state index in [1.54, 1.807) is 0 Å². The lowest BCUT2D eigenvalue weighted by Crippen LogP contribution is -1.92. The molecule has 76 valence electrons. The molecule has 1 aromatic heterocycles. The molecule has 0 atom stereocenters. The molecule has 0 amide bonds. The number of allylic oxidation sites excluding steroid dienone is 4. The van der Waals surface area contributed by atoms with Crippen molar-refractivity contribution in [2.24, 2.45) is 0 Å². The van der Waals surface area contributed by atoms with Crippen molar-refractivity contribution >= 4 is 5.57 Å². The Morgan fingerprint density at radius 1 is 1.33 bits per heavy atom. The van der Waals surface area contributed by atoms with Crippen molar-refractivity contribution in [3.05, 3.63) is 55.0 Å². The van der Waals surface area contributed by atoms with Gasteiger partial charge in [0.1, 0.15) is 0 Å². The van der Waals surface area contributed by atoms with Gasteiger partial charge in [-0.2, -0.15) is 0 Å². The standard InChI is InChI=1S/C13H13NO/c1-2-15-13-10-6-9-12(14-13)11-7-4-3-5-8-11/h2,4,6-10H,1,3,5H2. The van der Waals surface area contributed by atoms with Crippen LogP contribution in [0.2, 0.25) is 0 Å². The third-order valence-corrected chi connectivity index (χ3v) is 2.22. The van der Waals surface area contributed by atoms with E-state index in [2.05, 4.69) is 29.8 Å². The van der Waals surface area contributed by atoms with Crippen molar-refractivity contribution in [3.63, 3.8) is 0 Å². The van der Waals surface area contributed by atoms with Crippen molar-refractivity contribution < 1.29 is 4.74 Å². The SMILES string of the molecule is C=COc1cccc(C2=CCCC=C2)n1. The van der Waals surface area contributed by atoms with Crippen LogP contribution in [0.25, 0.3) is 5.57 Å². The zero-order valence-electron chi connectivity index (χ0n) is 8.52. The molecule has 0 N–H and O–H groups in total. The summed E-state index contributed by atoms with van der Waals surface area (Å²) in [6, 6.07) is 5.74. The highest BCUT2D eigenvalue weighted by Crippen LogP contribution is 2.21. The predicted molar refractivity (Wildman–Crippen MR) is 61.4 cm³/mol. The first-order chi connectivity index (χ1) is 7.40. The number of nitrogens with zero attached hydrogens (tertiary/aromatic N) is 1. The van der Waals surface area contributed by atoms with Gasteiger partial charge in [-0.3, -0.25) is 0 Å². The lowest BCUT2D eigenvalue weighted by atomic mass is 10.0. The second-order valence-electron chi connectivity index (χ2n) is 3.28. The Labute approximate surface area is 89.6 Å². The normalized spacial score (nSPS) is 14.5. The summed E-state index contributed by atoms with van der Waals surface area (Å²) in [7, 11) is 0. The molecule has 0 fully saturated rings. The highest BCUT2D eigenvalue weighted by Gasteiger charge is 2.03. The van der Waals surface area contributed by atoms with E-state index >= 15 is 0 Å². The van der Waals surface area contributed by atoms with Gasteiger partial charge in [0.05, 0.1) is 12.0 Å². The van der Waals surface area contributed by atoms with Crippen LogP contribution >= 0.6 is 0 Å². The molecule has 1 aliphatic carbocycles. The summed E-state index contributed by atoms with van der Waals surface area (Å²) >= 11 is 0. The fourth-order valence-corrected chi connectivity index (χ4v) is 1.53. The summed E-state index contributed by atoms with van der Waals surface area (Å²) in [5.41, 5.74) is 2.11. The van der Waals surface area contributed by atoms with Crippen LogP contribution in [-0.2, 0) is 0 Å². The minimum absolute atomic E-state index is 0.586. The van der Waals surface area contributed by atoms with Gasteiger partial charge in [0.25, 0.3) is 0 Å². The van der Waals surface area contributed by atoms with Gasteiger partial charge in [-0.05, 0) is 24.5 Å². The van der Waals surface area contributed by atoms with Crippen LogP contribution in [0.15, 0.2) is 49.3 Å². The molecule has 0 saturated carbocycles. The summed E-state index contributed by atoms with van der Waals surface area (Å²) in [6.07, 6.45) is 10.0. The van der Waals surface area contributed by atoms with Gasteiger partial charge in [0, 0.05) is 6.07 Å².